The van der Waals surface area contributed by atoms with Crippen LogP contribution in [0.15, 0.2) is 40.1 Å². The number of benzene rings is 1. The molecule has 1 fully saturated rings. The molecular formula is C22H30FN3O6S. The van der Waals surface area contributed by atoms with Gasteiger partial charge in [-0.25, -0.2) is 22.3 Å². The number of rotatable bonds is 13. The second kappa shape index (κ2) is 11.1. The fourth-order valence-electron chi connectivity index (χ4n) is 3.22. The Morgan fingerprint density at radius 1 is 1.24 bits per heavy atom. The maximum Gasteiger partial charge on any atom is 0.330 e. The van der Waals surface area contributed by atoms with Gasteiger partial charge in [0.1, 0.15) is 6.73 Å². The van der Waals surface area contributed by atoms with Crippen molar-refractivity contribution in [1.82, 2.24) is 14.3 Å². The second-order valence-corrected chi connectivity index (χ2v) is 10.4. The van der Waals surface area contributed by atoms with Crippen molar-refractivity contribution in [3.8, 4) is 5.75 Å². The zero-order valence-electron chi connectivity index (χ0n) is 18.8. The van der Waals surface area contributed by atoms with Crippen molar-refractivity contribution in [2.24, 2.45) is 11.8 Å². The Morgan fingerprint density at radius 2 is 2.00 bits per heavy atom. The molecule has 1 aliphatic carbocycles. The molecule has 1 atom stereocenters. The summed E-state index contributed by atoms with van der Waals surface area (Å²) in [7, 11) is -3.65. The number of ether oxygens (including phenoxy) is 2. The topological polar surface area (TPSA) is 119 Å². The molecule has 0 saturated heterocycles. The molecule has 2 aromatic rings. The Morgan fingerprint density at radius 3 is 2.67 bits per heavy atom. The van der Waals surface area contributed by atoms with Gasteiger partial charge in [-0.1, -0.05) is 19.9 Å². The lowest BCUT2D eigenvalue weighted by Gasteiger charge is -2.23. The van der Waals surface area contributed by atoms with Crippen molar-refractivity contribution >= 4 is 10.0 Å². The minimum atomic E-state index is -3.65. The van der Waals surface area contributed by atoms with Crippen LogP contribution in [-0.2, 0) is 21.5 Å². The van der Waals surface area contributed by atoms with Gasteiger partial charge in [-0.05, 0) is 48.8 Å². The predicted molar refractivity (Wildman–Crippen MR) is 121 cm³/mol. The maximum absolute atomic E-state index is 14.1. The summed E-state index contributed by atoms with van der Waals surface area (Å²) in [6.45, 7) is 4.23. The van der Waals surface area contributed by atoms with E-state index in [0.29, 0.717) is 18.1 Å². The lowest BCUT2D eigenvalue weighted by molar-refractivity contribution is 0.0744. The smallest absolute Gasteiger partial charge is 0.330 e. The van der Waals surface area contributed by atoms with Gasteiger partial charge in [-0.15, -0.1) is 0 Å². The number of hydrogen-bond donors (Lipinski definition) is 2. The first-order chi connectivity index (χ1) is 15.6. The predicted octanol–water partition coefficient (Wildman–Crippen LogP) is 2.15. The monoisotopic (exact) mass is 483 g/mol. The lowest BCUT2D eigenvalue weighted by Crippen LogP contribution is -2.34. The van der Waals surface area contributed by atoms with Crippen LogP contribution in [0.3, 0.4) is 0 Å². The second-order valence-electron chi connectivity index (χ2n) is 8.57. The van der Waals surface area contributed by atoms with Gasteiger partial charge in [0.15, 0.2) is 11.6 Å². The van der Waals surface area contributed by atoms with E-state index < -0.39 is 33.1 Å². The molecule has 0 amide bonds. The summed E-state index contributed by atoms with van der Waals surface area (Å²) in [4.78, 5) is 24.8. The molecule has 2 N–H and O–H groups in total. The highest BCUT2D eigenvalue weighted by Crippen LogP contribution is 2.32. The van der Waals surface area contributed by atoms with Gasteiger partial charge in [-0.3, -0.25) is 14.3 Å². The quantitative estimate of drug-likeness (QED) is 0.421. The van der Waals surface area contributed by atoms with E-state index in [9.17, 15) is 22.4 Å². The van der Waals surface area contributed by atoms with Gasteiger partial charge in [0.05, 0.1) is 12.4 Å². The number of halogens is 1. The van der Waals surface area contributed by atoms with Crippen LogP contribution in [0.2, 0.25) is 0 Å². The molecular weight excluding hydrogens is 453 g/mol. The van der Waals surface area contributed by atoms with Crippen LogP contribution in [-0.4, -0.2) is 36.9 Å². The Hall–Kier alpha value is -2.50. The third-order valence-corrected chi connectivity index (χ3v) is 6.73. The number of aromatic nitrogens is 2. The fourth-order valence-corrected chi connectivity index (χ4v) is 4.63. The van der Waals surface area contributed by atoms with Gasteiger partial charge in [0, 0.05) is 24.9 Å². The summed E-state index contributed by atoms with van der Waals surface area (Å²) >= 11 is 0. The molecule has 182 valence electrons. The van der Waals surface area contributed by atoms with Gasteiger partial charge in [0.25, 0.3) is 5.56 Å². The van der Waals surface area contributed by atoms with Crippen LogP contribution in [0, 0.1) is 17.7 Å². The van der Waals surface area contributed by atoms with Crippen molar-refractivity contribution in [3.05, 3.63) is 62.7 Å². The van der Waals surface area contributed by atoms with Crippen LogP contribution in [0.25, 0.3) is 0 Å². The highest BCUT2D eigenvalue weighted by molar-refractivity contribution is 7.89. The zero-order chi connectivity index (χ0) is 24.0. The van der Waals surface area contributed by atoms with Crippen molar-refractivity contribution < 1.29 is 22.3 Å². The average Bonchev–Trinajstić information content (AvgIpc) is 3.57. The Kier molecular flexibility index (Phi) is 8.44. The molecule has 0 bridgehead atoms. The highest BCUT2D eigenvalue weighted by atomic mass is 32.2. The Bertz CT molecular complexity index is 1160. The van der Waals surface area contributed by atoms with Crippen molar-refractivity contribution in [2.45, 2.75) is 45.9 Å². The van der Waals surface area contributed by atoms with E-state index >= 15 is 0 Å². The van der Waals surface area contributed by atoms with E-state index in [4.69, 9.17) is 9.47 Å². The average molecular weight is 484 g/mol. The van der Waals surface area contributed by atoms with E-state index in [-0.39, 0.29) is 37.2 Å². The van der Waals surface area contributed by atoms with Crippen molar-refractivity contribution in [1.29, 1.82) is 0 Å². The van der Waals surface area contributed by atoms with E-state index in [0.717, 1.165) is 12.8 Å². The molecule has 1 aromatic heterocycles. The van der Waals surface area contributed by atoms with Gasteiger partial charge in [0.2, 0.25) is 10.0 Å². The minimum Gasteiger partial charge on any atom is -0.490 e. The van der Waals surface area contributed by atoms with Crippen molar-refractivity contribution in [3.63, 3.8) is 0 Å². The third kappa shape index (κ3) is 7.79. The zero-order valence-corrected chi connectivity index (χ0v) is 19.6. The molecule has 0 radical (unpaired) electrons. The number of aromatic amines is 1. The molecule has 1 saturated carbocycles. The lowest BCUT2D eigenvalue weighted by atomic mass is 9.97. The maximum atomic E-state index is 14.1. The molecule has 1 heterocycles. The standard InChI is InChI=1S/C22H30FN3O6S/c1-15(2)21(17-6-7-18(23)19(12-17)32-13-16-4-5-16)25-33(29,30)11-3-10-31-14-26-9-8-20(27)24-22(26)28/h6-9,12,15-16,21,25H,3-5,10-11,13-14H2,1-2H3,(H,24,27,28)/t21-/m0/s1. The van der Waals surface area contributed by atoms with E-state index in [2.05, 4.69) is 9.71 Å². The molecule has 0 unspecified atom stereocenters. The summed E-state index contributed by atoms with van der Waals surface area (Å²) < 4.78 is 54.2. The third-order valence-electron chi connectivity index (χ3n) is 5.29. The van der Waals surface area contributed by atoms with E-state index in [1.54, 1.807) is 12.1 Å². The van der Waals surface area contributed by atoms with Gasteiger partial charge >= 0.3 is 5.69 Å². The molecule has 1 aromatic carbocycles. The molecule has 0 aliphatic heterocycles. The number of H-pyrrole nitrogens is 1. The van der Waals surface area contributed by atoms with Gasteiger partial charge < -0.3 is 9.47 Å². The summed E-state index contributed by atoms with van der Waals surface area (Å²) in [5.41, 5.74) is -0.471. The normalized spacial score (nSPS) is 15.0. The summed E-state index contributed by atoms with van der Waals surface area (Å²) in [5.74, 6) is -0.121. The van der Waals surface area contributed by atoms with Crippen LogP contribution >= 0.6 is 0 Å². The largest absolute Gasteiger partial charge is 0.490 e. The molecule has 33 heavy (non-hydrogen) atoms. The van der Waals surface area contributed by atoms with Crippen LogP contribution in [0.1, 0.15) is 44.7 Å². The molecule has 3 rings (SSSR count). The van der Waals surface area contributed by atoms with Gasteiger partial charge in [-0.2, -0.15) is 0 Å². The number of hydrogen-bond acceptors (Lipinski definition) is 6. The van der Waals surface area contributed by atoms with E-state index in [1.807, 2.05) is 13.8 Å². The van der Waals surface area contributed by atoms with Crippen LogP contribution < -0.4 is 20.7 Å². The van der Waals surface area contributed by atoms with E-state index in [1.165, 1.54) is 22.9 Å². The number of nitrogens with one attached hydrogen (secondary N) is 2. The SMILES string of the molecule is CC(C)[C@H](NS(=O)(=O)CCCOCn1ccc(=O)[nH]c1=O)c1ccc(F)c(OCC2CC2)c1. The molecule has 0 spiro atoms. The van der Waals surface area contributed by atoms with Crippen LogP contribution in [0.5, 0.6) is 5.75 Å². The first kappa shape index (κ1) is 25.1. The summed E-state index contributed by atoms with van der Waals surface area (Å²) in [6.07, 6.45) is 3.68. The van der Waals surface area contributed by atoms with Crippen LogP contribution in [0.4, 0.5) is 4.39 Å². The van der Waals surface area contributed by atoms with Crippen molar-refractivity contribution in [2.75, 3.05) is 19.0 Å². The highest BCUT2D eigenvalue weighted by Gasteiger charge is 2.25. The number of sulfonamides is 1. The first-order valence-corrected chi connectivity index (χ1v) is 12.6. The fraction of sp³-hybridized carbons (Fsp3) is 0.545. The molecule has 9 nitrogen and oxygen atoms in total. The molecule has 1 aliphatic rings. The first-order valence-electron chi connectivity index (χ1n) is 10.9. The Labute approximate surface area is 192 Å². The minimum absolute atomic E-state index is 0.0788. The Balaban J connectivity index is 1.54. The summed E-state index contributed by atoms with van der Waals surface area (Å²) in [5, 5.41) is 0. The summed E-state index contributed by atoms with van der Waals surface area (Å²) in [6, 6.07) is 5.09. The number of nitrogens with zero attached hydrogens (tertiary/aromatic N) is 1. The molecule has 11 heteroatoms.